The average molecular weight is 204 g/mol. The second-order valence-electron chi connectivity index (χ2n) is 3.54. The van der Waals surface area contributed by atoms with E-state index < -0.39 is 0 Å². The molecule has 0 aliphatic carbocycles. The Labute approximate surface area is 89.8 Å². The van der Waals surface area contributed by atoms with E-state index in [0.717, 1.165) is 23.1 Å². The zero-order valence-corrected chi connectivity index (χ0v) is 9.37. The molecule has 0 atom stereocenters. The van der Waals surface area contributed by atoms with Crippen LogP contribution >= 0.6 is 0 Å². The number of allylic oxidation sites excluding steroid dienone is 5. The first-order chi connectivity index (χ1) is 7.08. The van der Waals surface area contributed by atoms with Crippen LogP contribution in [0.25, 0.3) is 5.57 Å². The number of aromatic amines is 1. The normalized spacial score (nSPS) is 13.7. The summed E-state index contributed by atoms with van der Waals surface area (Å²) in [5.41, 5.74) is 3.87. The number of hydrogen-bond acceptors (Lipinski definition) is 1. The Balaban J connectivity index is 2.97. The predicted octanol–water partition coefficient (Wildman–Crippen LogP) is 2.46. The van der Waals surface area contributed by atoms with Crippen LogP contribution in [0.3, 0.4) is 0 Å². The Morgan fingerprint density at radius 1 is 1.53 bits per heavy atom. The number of rotatable bonds is 4. The third-order valence-corrected chi connectivity index (χ3v) is 2.37. The number of nitrogens with one attached hydrogen (secondary N) is 1. The molecule has 3 nitrogen and oxygen atoms in total. The van der Waals surface area contributed by atoms with E-state index in [1.165, 1.54) is 0 Å². The van der Waals surface area contributed by atoms with Crippen molar-refractivity contribution in [2.45, 2.75) is 13.8 Å². The molecule has 1 aromatic heterocycles. The molecule has 0 aliphatic rings. The van der Waals surface area contributed by atoms with Crippen molar-refractivity contribution in [3.63, 3.8) is 0 Å². The third kappa shape index (κ3) is 2.59. The Hall–Kier alpha value is -1.77. The largest absolute Gasteiger partial charge is 0.298 e. The number of hydrogen-bond donors (Lipinski definition) is 1. The monoisotopic (exact) mass is 204 g/mol. The zero-order valence-electron chi connectivity index (χ0n) is 9.37. The molecular formula is C12H16N2O. The van der Waals surface area contributed by atoms with Crippen LogP contribution < -0.4 is 0 Å². The van der Waals surface area contributed by atoms with Crippen LogP contribution in [0, 0.1) is 0 Å². The van der Waals surface area contributed by atoms with Crippen molar-refractivity contribution < 1.29 is 4.79 Å². The van der Waals surface area contributed by atoms with E-state index in [4.69, 9.17) is 0 Å². The summed E-state index contributed by atoms with van der Waals surface area (Å²) in [6, 6.07) is 0. The minimum absolute atomic E-state index is 0.597. The van der Waals surface area contributed by atoms with Crippen LogP contribution in [0.15, 0.2) is 36.1 Å². The van der Waals surface area contributed by atoms with Crippen molar-refractivity contribution in [1.29, 1.82) is 0 Å². The molecule has 0 aliphatic heterocycles. The maximum atomic E-state index is 10.6. The molecule has 0 saturated carbocycles. The first-order valence-electron chi connectivity index (χ1n) is 4.77. The van der Waals surface area contributed by atoms with Crippen molar-refractivity contribution in [3.8, 4) is 0 Å². The summed E-state index contributed by atoms with van der Waals surface area (Å²) in [5, 5.41) is 3.13. The van der Waals surface area contributed by atoms with Gasteiger partial charge in [0.05, 0.1) is 5.69 Å². The summed E-state index contributed by atoms with van der Waals surface area (Å²) in [5.74, 6) is 0. The molecule has 1 aromatic rings. The lowest BCUT2D eigenvalue weighted by Gasteiger charge is -2.13. The molecular weight excluding hydrogens is 188 g/mol. The molecule has 0 fully saturated rings. The lowest BCUT2D eigenvalue weighted by atomic mass is 10.1. The SMILES string of the molecule is C=C/C(C=O)=C\C(C)=C(/C)c1cn(C)[nH]1. The smallest absolute Gasteiger partial charge is 0.150 e. The van der Waals surface area contributed by atoms with E-state index in [2.05, 4.69) is 11.7 Å². The number of aldehydes is 1. The van der Waals surface area contributed by atoms with Gasteiger partial charge in [-0.1, -0.05) is 12.7 Å². The molecule has 1 heterocycles. The van der Waals surface area contributed by atoms with E-state index in [-0.39, 0.29) is 0 Å². The molecule has 0 saturated heterocycles. The number of aromatic nitrogens is 2. The molecule has 80 valence electrons. The van der Waals surface area contributed by atoms with Gasteiger partial charge < -0.3 is 0 Å². The Morgan fingerprint density at radius 2 is 2.13 bits per heavy atom. The van der Waals surface area contributed by atoms with E-state index >= 15 is 0 Å². The number of carbonyl (C=O) groups is 1. The predicted molar refractivity (Wildman–Crippen MR) is 62.4 cm³/mol. The van der Waals surface area contributed by atoms with Gasteiger partial charge in [-0.3, -0.25) is 14.6 Å². The highest BCUT2D eigenvalue weighted by atomic mass is 16.1. The van der Waals surface area contributed by atoms with Crippen LogP contribution in [0.4, 0.5) is 0 Å². The highest BCUT2D eigenvalue weighted by molar-refractivity contribution is 5.79. The van der Waals surface area contributed by atoms with E-state index in [0.29, 0.717) is 5.57 Å². The maximum absolute atomic E-state index is 10.6. The zero-order chi connectivity index (χ0) is 11.4. The highest BCUT2D eigenvalue weighted by Crippen LogP contribution is 2.18. The molecule has 3 heteroatoms. The van der Waals surface area contributed by atoms with Crippen molar-refractivity contribution in [2.75, 3.05) is 0 Å². The Bertz CT molecular complexity index is 408. The number of nitrogens with zero attached hydrogens (tertiary/aromatic N) is 1. The summed E-state index contributed by atoms with van der Waals surface area (Å²) >= 11 is 0. The lowest BCUT2D eigenvalue weighted by Crippen LogP contribution is -2.07. The van der Waals surface area contributed by atoms with Crippen molar-refractivity contribution in [2.24, 2.45) is 7.05 Å². The summed E-state index contributed by atoms with van der Waals surface area (Å²) in [4.78, 5) is 10.6. The summed E-state index contributed by atoms with van der Waals surface area (Å²) in [6.45, 7) is 7.57. The van der Waals surface area contributed by atoms with Gasteiger partial charge in [0.1, 0.15) is 6.29 Å². The maximum Gasteiger partial charge on any atom is 0.150 e. The van der Waals surface area contributed by atoms with Gasteiger partial charge in [-0.05, 0) is 31.1 Å². The van der Waals surface area contributed by atoms with Crippen LogP contribution in [0.5, 0.6) is 0 Å². The van der Waals surface area contributed by atoms with Crippen molar-refractivity contribution in [1.82, 2.24) is 9.78 Å². The Morgan fingerprint density at radius 3 is 2.53 bits per heavy atom. The molecule has 1 N–H and O–H groups in total. The molecule has 0 radical (unpaired) electrons. The summed E-state index contributed by atoms with van der Waals surface area (Å²) < 4.78 is 1.88. The fourth-order valence-electron chi connectivity index (χ4n) is 1.27. The van der Waals surface area contributed by atoms with Gasteiger partial charge in [-0.15, -0.1) is 0 Å². The minimum atomic E-state index is 0.597. The first-order valence-corrected chi connectivity index (χ1v) is 4.77. The average Bonchev–Trinajstić information content (AvgIpc) is 2.20. The molecule has 0 spiro atoms. The molecule has 15 heavy (non-hydrogen) atoms. The van der Waals surface area contributed by atoms with Gasteiger partial charge in [-0.2, -0.15) is 0 Å². The lowest BCUT2D eigenvalue weighted by molar-refractivity contribution is -0.104. The fraction of sp³-hybridized carbons (Fsp3) is 0.250. The standard InChI is InChI=1S/C12H16N2O/c1-5-11(8-15)6-9(2)10(3)12-7-14(4)13-12/h5-8,13H,1H2,2-4H3/b10-9+,11-6+. The van der Waals surface area contributed by atoms with E-state index in [1.807, 2.05) is 37.8 Å². The van der Waals surface area contributed by atoms with Crippen LogP contribution in [-0.4, -0.2) is 16.1 Å². The second-order valence-corrected chi connectivity index (χ2v) is 3.54. The quantitative estimate of drug-likeness (QED) is 0.456. The number of H-pyrrole nitrogens is 1. The van der Waals surface area contributed by atoms with Gasteiger partial charge >= 0.3 is 0 Å². The minimum Gasteiger partial charge on any atom is -0.298 e. The van der Waals surface area contributed by atoms with Gasteiger partial charge in [0.15, 0.2) is 0 Å². The van der Waals surface area contributed by atoms with E-state index in [9.17, 15) is 4.79 Å². The van der Waals surface area contributed by atoms with Crippen LogP contribution in [-0.2, 0) is 11.8 Å². The highest BCUT2D eigenvalue weighted by Gasteiger charge is 2.03. The van der Waals surface area contributed by atoms with Gasteiger partial charge in [-0.25, -0.2) is 0 Å². The summed E-state index contributed by atoms with van der Waals surface area (Å²) in [7, 11) is 1.93. The van der Waals surface area contributed by atoms with Gasteiger partial charge in [0, 0.05) is 18.8 Å². The first kappa shape index (κ1) is 11.3. The number of aryl methyl sites for hydroxylation is 1. The number of carbonyl (C=O) groups excluding carboxylic acids is 1. The van der Waals surface area contributed by atoms with Crippen molar-refractivity contribution >= 4 is 11.9 Å². The topological polar surface area (TPSA) is 37.8 Å². The molecule has 0 amide bonds. The van der Waals surface area contributed by atoms with Gasteiger partial charge in [0.25, 0.3) is 0 Å². The molecule has 1 rings (SSSR count). The van der Waals surface area contributed by atoms with Gasteiger partial charge in [0.2, 0.25) is 0 Å². The van der Waals surface area contributed by atoms with Crippen molar-refractivity contribution in [3.05, 3.63) is 41.8 Å². The second kappa shape index (κ2) is 4.64. The Kier molecular flexibility index (Phi) is 3.50. The molecule has 0 aromatic carbocycles. The van der Waals surface area contributed by atoms with E-state index in [1.54, 1.807) is 6.08 Å². The molecule has 0 bridgehead atoms. The van der Waals surface area contributed by atoms with Crippen LogP contribution in [0.2, 0.25) is 0 Å². The molecule has 0 unspecified atom stereocenters. The van der Waals surface area contributed by atoms with Crippen LogP contribution in [0.1, 0.15) is 19.5 Å². The summed E-state index contributed by atoms with van der Waals surface area (Å²) in [6.07, 6.45) is 6.19. The fourth-order valence-corrected chi connectivity index (χ4v) is 1.27. The third-order valence-electron chi connectivity index (χ3n) is 2.37.